The van der Waals surface area contributed by atoms with Crippen molar-refractivity contribution in [3.8, 4) is 5.88 Å². The fourth-order valence-electron chi connectivity index (χ4n) is 1.73. The second kappa shape index (κ2) is 6.32. The molecular weight excluding hydrogens is 330 g/mol. The van der Waals surface area contributed by atoms with Crippen LogP contribution < -0.4 is 10.5 Å². The summed E-state index contributed by atoms with van der Waals surface area (Å²) in [7, 11) is 1.57. The highest BCUT2D eigenvalue weighted by Crippen LogP contribution is 2.24. The van der Waals surface area contributed by atoms with Crippen molar-refractivity contribution in [2.75, 3.05) is 7.11 Å². The number of methoxy groups -OCH3 is 1. The molecule has 2 rings (SSSR count). The maximum atomic E-state index is 6.18. The van der Waals surface area contributed by atoms with Gasteiger partial charge in [-0.15, -0.1) is 0 Å². The first-order chi connectivity index (χ1) is 9.08. The van der Waals surface area contributed by atoms with Gasteiger partial charge < -0.3 is 10.5 Å². The van der Waals surface area contributed by atoms with E-state index in [1.165, 1.54) is 6.33 Å². The monoisotopic (exact) mass is 341 g/mol. The third-order valence-electron chi connectivity index (χ3n) is 2.65. The van der Waals surface area contributed by atoms with Crippen LogP contribution in [0.3, 0.4) is 0 Å². The van der Waals surface area contributed by atoms with Gasteiger partial charge in [0, 0.05) is 33.7 Å². The molecule has 0 saturated carbocycles. The molecule has 0 aliphatic heterocycles. The fourth-order valence-corrected chi connectivity index (χ4v) is 2.62. The van der Waals surface area contributed by atoms with Crippen molar-refractivity contribution in [3.63, 3.8) is 0 Å². The quantitative estimate of drug-likeness (QED) is 0.927. The van der Waals surface area contributed by atoms with Gasteiger partial charge in [0.05, 0.1) is 7.11 Å². The van der Waals surface area contributed by atoms with Crippen molar-refractivity contribution >= 4 is 27.5 Å². The van der Waals surface area contributed by atoms with Crippen molar-refractivity contribution in [1.82, 2.24) is 9.97 Å². The average molecular weight is 343 g/mol. The van der Waals surface area contributed by atoms with Gasteiger partial charge in [0.2, 0.25) is 5.88 Å². The summed E-state index contributed by atoms with van der Waals surface area (Å²) in [5.41, 5.74) is 7.96. The summed E-state index contributed by atoms with van der Waals surface area (Å²) >= 11 is 9.42. The Balaban J connectivity index is 2.17. The zero-order chi connectivity index (χ0) is 13.8. The maximum absolute atomic E-state index is 6.18. The smallest absolute Gasteiger partial charge is 0.216 e. The Morgan fingerprint density at radius 3 is 2.79 bits per heavy atom. The number of nitrogens with zero attached hydrogens (tertiary/aromatic N) is 2. The van der Waals surface area contributed by atoms with Gasteiger partial charge in [-0.25, -0.2) is 9.97 Å². The van der Waals surface area contributed by atoms with Crippen molar-refractivity contribution in [3.05, 3.63) is 51.3 Å². The number of hydrogen-bond acceptors (Lipinski definition) is 4. The van der Waals surface area contributed by atoms with Gasteiger partial charge in [-0.2, -0.15) is 0 Å². The summed E-state index contributed by atoms with van der Waals surface area (Å²) in [4.78, 5) is 8.15. The maximum Gasteiger partial charge on any atom is 0.216 e. The van der Waals surface area contributed by atoms with Crippen LogP contribution in [-0.2, 0) is 6.42 Å². The van der Waals surface area contributed by atoms with Crippen molar-refractivity contribution in [2.24, 2.45) is 5.73 Å². The Morgan fingerprint density at radius 1 is 1.32 bits per heavy atom. The molecular formula is C13H13BrClN3O. The molecule has 6 heteroatoms. The van der Waals surface area contributed by atoms with E-state index in [2.05, 4.69) is 25.9 Å². The van der Waals surface area contributed by atoms with Crippen LogP contribution in [-0.4, -0.2) is 17.1 Å². The van der Waals surface area contributed by atoms with Gasteiger partial charge >= 0.3 is 0 Å². The normalized spacial score (nSPS) is 12.2. The van der Waals surface area contributed by atoms with E-state index in [9.17, 15) is 0 Å². The number of benzene rings is 1. The van der Waals surface area contributed by atoms with E-state index < -0.39 is 0 Å². The largest absolute Gasteiger partial charge is 0.481 e. The molecule has 4 nitrogen and oxygen atoms in total. The molecule has 0 radical (unpaired) electrons. The lowest BCUT2D eigenvalue weighted by Gasteiger charge is -2.13. The van der Waals surface area contributed by atoms with Crippen LogP contribution >= 0.6 is 27.5 Å². The fraction of sp³-hybridized carbons (Fsp3) is 0.231. The molecule has 2 N–H and O–H groups in total. The lowest BCUT2D eigenvalue weighted by Crippen LogP contribution is -2.14. The molecule has 2 aromatic rings. The summed E-state index contributed by atoms with van der Waals surface area (Å²) in [5, 5.41) is 0.653. The Morgan fingerprint density at radius 2 is 2.11 bits per heavy atom. The van der Waals surface area contributed by atoms with Gasteiger partial charge in [0.25, 0.3) is 0 Å². The number of ether oxygens (including phenoxy) is 1. The van der Waals surface area contributed by atoms with Crippen LogP contribution in [0.5, 0.6) is 5.88 Å². The van der Waals surface area contributed by atoms with E-state index in [0.29, 0.717) is 17.3 Å². The number of nitrogens with two attached hydrogens (primary N) is 1. The summed E-state index contributed by atoms with van der Waals surface area (Å²) < 4.78 is 5.97. The van der Waals surface area contributed by atoms with Crippen LogP contribution in [0.1, 0.15) is 17.3 Å². The average Bonchev–Trinajstić information content (AvgIpc) is 2.37. The molecule has 1 unspecified atom stereocenters. The molecule has 0 fully saturated rings. The predicted molar refractivity (Wildman–Crippen MR) is 78.4 cm³/mol. The minimum Gasteiger partial charge on any atom is -0.481 e. The highest BCUT2D eigenvalue weighted by molar-refractivity contribution is 9.10. The molecule has 0 aliphatic carbocycles. The highest BCUT2D eigenvalue weighted by Gasteiger charge is 2.10. The van der Waals surface area contributed by atoms with E-state index in [0.717, 1.165) is 15.7 Å². The van der Waals surface area contributed by atoms with Crippen molar-refractivity contribution in [2.45, 2.75) is 12.5 Å². The third-order valence-corrected chi connectivity index (χ3v) is 3.33. The molecule has 0 saturated heterocycles. The lowest BCUT2D eigenvalue weighted by molar-refractivity contribution is 0.395. The molecule has 100 valence electrons. The first kappa shape index (κ1) is 14.2. The molecule has 0 bridgehead atoms. The molecule has 0 aliphatic rings. The summed E-state index contributed by atoms with van der Waals surface area (Å²) in [6, 6.07) is 7.23. The van der Waals surface area contributed by atoms with Gasteiger partial charge in [-0.05, 0) is 23.8 Å². The number of aromatic nitrogens is 2. The van der Waals surface area contributed by atoms with E-state index in [4.69, 9.17) is 22.1 Å². The second-order valence-corrected chi connectivity index (χ2v) is 5.42. The molecule has 0 spiro atoms. The van der Waals surface area contributed by atoms with E-state index in [1.807, 2.05) is 18.2 Å². The minimum absolute atomic E-state index is 0.186. The SMILES string of the molecule is COc1cc(CC(N)c2cc(Cl)cc(Br)c2)ncn1. The zero-order valence-electron chi connectivity index (χ0n) is 10.3. The van der Waals surface area contributed by atoms with Crippen LogP contribution in [0.15, 0.2) is 35.1 Å². The van der Waals surface area contributed by atoms with Gasteiger partial charge in [-0.3, -0.25) is 0 Å². The van der Waals surface area contributed by atoms with Crippen LogP contribution in [0.25, 0.3) is 0 Å². The van der Waals surface area contributed by atoms with Gasteiger partial charge in [-0.1, -0.05) is 27.5 Å². The Labute approximate surface area is 125 Å². The molecule has 1 heterocycles. The van der Waals surface area contributed by atoms with Crippen molar-refractivity contribution < 1.29 is 4.74 Å². The predicted octanol–water partition coefficient (Wildman–Crippen LogP) is 3.14. The lowest BCUT2D eigenvalue weighted by atomic mass is 10.0. The summed E-state index contributed by atoms with van der Waals surface area (Å²) in [6.45, 7) is 0. The minimum atomic E-state index is -0.186. The summed E-state index contributed by atoms with van der Waals surface area (Å²) in [6.07, 6.45) is 2.06. The van der Waals surface area contributed by atoms with E-state index in [1.54, 1.807) is 13.2 Å². The Hall–Kier alpha value is -1.17. The van der Waals surface area contributed by atoms with Crippen LogP contribution in [0.4, 0.5) is 0 Å². The topological polar surface area (TPSA) is 61.0 Å². The molecule has 1 aromatic carbocycles. The highest BCUT2D eigenvalue weighted by atomic mass is 79.9. The van der Waals surface area contributed by atoms with E-state index >= 15 is 0 Å². The van der Waals surface area contributed by atoms with E-state index in [-0.39, 0.29) is 6.04 Å². The number of hydrogen-bond donors (Lipinski definition) is 1. The molecule has 0 amide bonds. The molecule has 19 heavy (non-hydrogen) atoms. The Kier molecular flexibility index (Phi) is 4.74. The number of rotatable bonds is 4. The second-order valence-electron chi connectivity index (χ2n) is 4.07. The number of halogens is 2. The Bertz CT molecular complexity index is 559. The first-order valence-corrected chi connectivity index (χ1v) is 6.82. The van der Waals surface area contributed by atoms with Gasteiger partial charge in [0.15, 0.2) is 0 Å². The zero-order valence-corrected chi connectivity index (χ0v) is 12.6. The molecule has 1 atom stereocenters. The van der Waals surface area contributed by atoms with Crippen LogP contribution in [0.2, 0.25) is 5.02 Å². The standard InChI is InChI=1S/C13H13BrClN3O/c1-19-13-6-11(17-7-18-13)5-12(16)8-2-9(14)4-10(15)3-8/h2-4,6-7,12H,5,16H2,1H3. The first-order valence-electron chi connectivity index (χ1n) is 5.65. The third kappa shape index (κ3) is 3.89. The van der Waals surface area contributed by atoms with Crippen molar-refractivity contribution in [1.29, 1.82) is 0 Å². The molecule has 1 aromatic heterocycles. The summed E-state index contributed by atoms with van der Waals surface area (Å²) in [5.74, 6) is 0.532. The van der Waals surface area contributed by atoms with Crippen LogP contribution in [0, 0.1) is 0 Å². The van der Waals surface area contributed by atoms with Gasteiger partial charge in [0.1, 0.15) is 6.33 Å².